The van der Waals surface area contributed by atoms with Crippen LogP contribution in [-0.4, -0.2) is 106 Å². The number of carbonyl (C=O) groups is 4. The summed E-state index contributed by atoms with van der Waals surface area (Å²) in [4.78, 5) is 59.5. The molecule has 49 heavy (non-hydrogen) atoms. The van der Waals surface area contributed by atoms with Crippen molar-refractivity contribution in [1.29, 1.82) is 0 Å². The number of esters is 1. The van der Waals surface area contributed by atoms with E-state index in [1.54, 1.807) is 29.2 Å². The summed E-state index contributed by atoms with van der Waals surface area (Å²) in [5, 5.41) is 13.4. The van der Waals surface area contributed by atoms with Gasteiger partial charge in [0, 0.05) is 30.9 Å². The Kier molecular flexibility index (Phi) is 13.6. The van der Waals surface area contributed by atoms with Gasteiger partial charge < -0.3 is 34.4 Å². The highest BCUT2D eigenvalue weighted by Gasteiger charge is 2.77. The van der Waals surface area contributed by atoms with Gasteiger partial charge in [0.05, 0.1) is 43.2 Å². The number of alkyl halides is 1. The smallest absolute Gasteiger partial charge is 0.313 e. The van der Waals surface area contributed by atoms with Crippen molar-refractivity contribution in [2.24, 2.45) is 11.8 Å². The molecule has 0 radical (unpaired) electrons. The minimum atomic E-state index is -1.32. The van der Waals surface area contributed by atoms with Crippen LogP contribution in [0.3, 0.4) is 0 Å². The zero-order valence-electron chi connectivity index (χ0n) is 29.1. The van der Waals surface area contributed by atoms with Crippen LogP contribution in [0.4, 0.5) is 0 Å². The van der Waals surface area contributed by atoms with Gasteiger partial charge in [-0.1, -0.05) is 78.7 Å². The van der Waals surface area contributed by atoms with E-state index in [0.29, 0.717) is 24.8 Å². The first-order chi connectivity index (χ1) is 23.5. The lowest BCUT2D eigenvalue weighted by molar-refractivity contribution is -0.163. The average molecular weight is 747 g/mol. The van der Waals surface area contributed by atoms with Crippen molar-refractivity contribution in [1.82, 2.24) is 15.1 Å². The fraction of sp³-hybridized carbons (Fsp3) is 0.622. The Balaban J connectivity index is 1.75. The summed E-state index contributed by atoms with van der Waals surface area (Å²) in [5.74, 6) is -3.68. The highest BCUT2D eigenvalue weighted by Crippen LogP contribution is 2.61. The molecule has 270 valence electrons. The molecule has 0 aromatic heterocycles. The molecule has 10 atom stereocenters. The second-order valence-corrected chi connectivity index (χ2v) is 14.5. The number of aliphatic hydroxyl groups excluding tert-OH is 1. The van der Waals surface area contributed by atoms with E-state index in [4.69, 9.17) is 14.2 Å². The number of rotatable bonds is 19. The van der Waals surface area contributed by atoms with E-state index in [9.17, 15) is 24.3 Å². The minimum Gasteiger partial charge on any atom is -0.455 e. The van der Waals surface area contributed by atoms with Crippen molar-refractivity contribution >= 4 is 39.6 Å². The van der Waals surface area contributed by atoms with Crippen LogP contribution in [0.2, 0.25) is 0 Å². The molecule has 0 saturated carbocycles. The minimum absolute atomic E-state index is 0.0543. The summed E-state index contributed by atoms with van der Waals surface area (Å²) in [5.41, 5.74) is -0.683. The molecule has 1 aromatic rings. The lowest BCUT2D eigenvalue weighted by atomic mass is 9.70. The topological polar surface area (TPSA) is 135 Å². The first-order valence-electron chi connectivity index (χ1n) is 17.4. The van der Waals surface area contributed by atoms with Crippen molar-refractivity contribution in [2.45, 2.75) is 106 Å². The van der Waals surface area contributed by atoms with Crippen LogP contribution < -0.4 is 5.32 Å². The molecular weight excluding hydrogens is 694 g/mol. The molecule has 2 unspecified atom stereocenters. The van der Waals surface area contributed by atoms with Gasteiger partial charge in [-0.3, -0.25) is 19.2 Å². The van der Waals surface area contributed by atoms with Gasteiger partial charge in [0.15, 0.2) is 0 Å². The number of benzene rings is 1. The zero-order chi connectivity index (χ0) is 35.9. The summed E-state index contributed by atoms with van der Waals surface area (Å²) in [7, 11) is 1.50. The van der Waals surface area contributed by atoms with Crippen LogP contribution >= 0.6 is 15.9 Å². The summed E-state index contributed by atoms with van der Waals surface area (Å²) in [6, 6.07) is 6.48. The molecule has 3 fully saturated rings. The van der Waals surface area contributed by atoms with E-state index in [1.165, 1.54) is 12.0 Å². The third kappa shape index (κ3) is 7.67. The van der Waals surface area contributed by atoms with E-state index in [0.717, 1.165) is 12.8 Å². The number of aliphatic hydroxyl groups is 1. The summed E-state index contributed by atoms with van der Waals surface area (Å²) >= 11 is 3.73. The fourth-order valence-electron chi connectivity index (χ4n) is 7.91. The number of carbonyl (C=O) groups excluding carboxylic acids is 4. The Labute approximate surface area is 298 Å². The number of nitrogens with one attached hydrogen (secondary N) is 1. The van der Waals surface area contributed by atoms with Gasteiger partial charge in [-0.2, -0.15) is 0 Å². The van der Waals surface area contributed by atoms with Crippen LogP contribution in [0, 0.1) is 11.8 Å². The predicted octanol–water partition coefficient (Wildman–Crippen LogP) is 4.09. The molecule has 3 saturated heterocycles. The Morgan fingerprint density at radius 3 is 2.53 bits per heavy atom. The van der Waals surface area contributed by atoms with Gasteiger partial charge in [-0.15, -0.1) is 13.2 Å². The number of amides is 3. The van der Waals surface area contributed by atoms with Crippen LogP contribution in [-0.2, 0) is 33.4 Å². The predicted molar refractivity (Wildman–Crippen MR) is 189 cm³/mol. The fourth-order valence-corrected chi connectivity index (χ4v) is 8.85. The van der Waals surface area contributed by atoms with Crippen LogP contribution in [0.1, 0.15) is 71.0 Å². The molecule has 3 aliphatic rings. The second-order valence-electron chi connectivity index (χ2n) is 13.3. The Bertz CT molecular complexity index is 1340. The molecule has 0 aliphatic carbocycles. The highest BCUT2D eigenvalue weighted by atomic mass is 79.9. The number of likely N-dealkylation sites (tertiary alicyclic amines) is 1. The standard InChI is InChI=1S/C37H52BrN3O8/c1-7-11-18-28(43)39-27(22-47-6)31(24-16-13-12-14-17-24)48-36(46)29-30-34(44)41(25(10-4)21-42)33(37(30)20-26(38)32(29)49-37)35(45)40(19-9-3)23(5)15-8-2/h7,9,12-14,16-17,23,25-27,29-33,42H,1,3,8,10-11,15,18-22H2,2,4-6H3,(H,39,43)/t23?,25-,26?,27-,29-,30+,31-,32-,33-,37+/m0/s1. The average Bonchev–Trinajstić information content (AvgIpc) is 3.69. The third-order valence-electron chi connectivity index (χ3n) is 10.2. The number of hydrogen-bond donors (Lipinski definition) is 2. The summed E-state index contributed by atoms with van der Waals surface area (Å²) in [6.45, 7) is 13.4. The number of methoxy groups -OCH3 is 1. The maximum atomic E-state index is 14.7. The molecule has 3 amide bonds. The van der Waals surface area contributed by atoms with E-state index in [1.807, 2.05) is 39.0 Å². The lowest BCUT2D eigenvalue weighted by Gasteiger charge is -2.40. The monoisotopic (exact) mass is 745 g/mol. The molecule has 1 spiro atoms. The molecule has 4 rings (SSSR count). The lowest BCUT2D eigenvalue weighted by Crippen LogP contribution is -2.60. The number of ether oxygens (including phenoxy) is 3. The van der Waals surface area contributed by atoms with Gasteiger partial charge in [0.25, 0.3) is 0 Å². The van der Waals surface area contributed by atoms with E-state index < -0.39 is 59.6 Å². The largest absolute Gasteiger partial charge is 0.455 e. The molecular formula is C37H52BrN3O8. The molecule has 12 heteroatoms. The number of halogens is 1. The summed E-state index contributed by atoms with van der Waals surface area (Å²) < 4.78 is 18.5. The van der Waals surface area contributed by atoms with Crippen molar-refractivity contribution in [3.05, 3.63) is 61.2 Å². The molecule has 1 aromatic carbocycles. The Morgan fingerprint density at radius 2 is 1.94 bits per heavy atom. The van der Waals surface area contributed by atoms with E-state index >= 15 is 0 Å². The maximum absolute atomic E-state index is 14.7. The quantitative estimate of drug-likeness (QED) is 0.123. The molecule has 3 heterocycles. The van der Waals surface area contributed by atoms with E-state index in [2.05, 4.69) is 34.4 Å². The van der Waals surface area contributed by atoms with Gasteiger partial charge in [0.1, 0.15) is 17.7 Å². The molecule has 3 aliphatic heterocycles. The van der Waals surface area contributed by atoms with Crippen molar-refractivity contribution < 1.29 is 38.5 Å². The van der Waals surface area contributed by atoms with Crippen LogP contribution in [0.15, 0.2) is 55.6 Å². The first kappa shape index (κ1) is 38.7. The normalized spacial score (nSPS) is 27.9. The van der Waals surface area contributed by atoms with Gasteiger partial charge in [0.2, 0.25) is 17.7 Å². The Morgan fingerprint density at radius 1 is 1.22 bits per heavy atom. The van der Waals surface area contributed by atoms with Crippen molar-refractivity contribution in [2.75, 3.05) is 26.9 Å². The number of hydrogen-bond acceptors (Lipinski definition) is 8. The van der Waals surface area contributed by atoms with Gasteiger partial charge in [-0.05, 0) is 38.2 Å². The summed E-state index contributed by atoms with van der Waals surface area (Å²) in [6.07, 6.45) is 4.64. The maximum Gasteiger partial charge on any atom is 0.313 e. The SMILES string of the molecule is C=CCCC(=O)N[C@@H](COC)[C@@H](OC(=O)[C@@H]1[C@H]2O[C@@]3(CC2Br)[C@H](C(=O)N(CC=C)C(C)CCC)N([C@@H](CC)CO)C(=O)[C@@H]13)c1ccccc1. The zero-order valence-corrected chi connectivity index (χ0v) is 30.7. The molecule has 2 N–H and O–H groups in total. The van der Waals surface area contributed by atoms with Gasteiger partial charge >= 0.3 is 5.97 Å². The number of allylic oxidation sites excluding steroid dienone is 1. The van der Waals surface area contributed by atoms with Crippen molar-refractivity contribution in [3.63, 3.8) is 0 Å². The molecule has 2 bridgehead atoms. The first-order valence-corrected chi connectivity index (χ1v) is 18.3. The third-order valence-corrected chi connectivity index (χ3v) is 11.0. The Hall–Kier alpha value is -3.06. The van der Waals surface area contributed by atoms with Crippen molar-refractivity contribution in [3.8, 4) is 0 Å². The second kappa shape index (κ2) is 17.2. The molecule has 11 nitrogen and oxygen atoms in total. The van der Waals surface area contributed by atoms with E-state index in [-0.39, 0.29) is 48.9 Å². The number of fused-ring (bicyclic) bond motifs is 1. The highest BCUT2D eigenvalue weighted by molar-refractivity contribution is 9.09. The number of nitrogens with zero attached hydrogens (tertiary/aromatic N) is 2. The van der Waals surface area contributed by atoms with Crippen LogP contribution in [0.5, 0.6) is 0 Å². The van der Waals surface area contributed by atoms with Gasteiger partial charge in [-0.25, -0.2) is 0 Å². The van der Waals surface area contributed by atoms with Crippen LogP contribution in [0.25, 0.3) is 0 Å².